The maximum atomic E-state index is 9.70. The number of nitrogens with zero attached hydrogens (tertiary/aromatic N) is 2. The molecule has 0 amide bonds. The van der Waals surface area contributed by atoms with Crippen LogP contribution in [0.4, 0.5) is 11.4 Å². The van der Waals surface area contributed by atoms with Gasteiger partial charge in [-0.2, -0.15) is 0 Å². The van der Waals surface area contributed by atoms with Gasteiger partial charge in [-0.15, -0.1) is 0 Å². The van der Waals surface area contributed by atoms with E-state index >= 15 is 0 Å². The van der Waals surface area contributed by atoms with Gasteiger partial charge in [0.2, 0.25) is 0 Å². The number of hydrogen-bond donors (Lipinski definition) is 2. The number of hydrogen-bond acceptors (Lipinski definition) is 4. The average Bonchev–Trinajstić information content (AvgIpc) is 2.53. The fraction of sp³-hybridized carbons (Fsp3) is 0.333. The van der Waals surface area contributed by atoms with E-state index in [4.69, 9.17) is 0 Å². The standard InChI is InChI=1S/C18H24N2O2/c1-19(2)15-5-7-17(13(9-15)11-21)18-8-6-16(20(3)4)10-14(18)12-22/h5-10,21-22H,11-12H2,1-4H3. The predicted octanol–water partition coefficient (Wildman–Crippen LogP) is 2.47. The highest BCUT2D eigenvalue weighted by Crippen LogP contribution is 2.32. The normalized spacial score (nSPS) is 10.6. The Bertz CT molecular complexity index is 594. The molecule has 0 saturated carbocycles. The van der Waals surface area contributed by atoms with E-state index in [1.807, 2.05) is 74.4 Å². The zero-order valence-electron chi connectivity index (χ0n) is 13.7. The smallest absolute Gasteiger partial charge is 0.0688 e. The summed E-state index contributed by atoms with van der Waals surface area (Å²) in [6, 6.07) is 12.0. The first kappa shape index (κ1) is 16.3. The number of aliphatic hydroxyl groups is 2. The molecule has 2 aromatic rings. The monoisotopic (exact) mass is 300 g/mol. The summed E-state index contributed by atoms with van der Waals surface area (Å²) in [6.45, 7) is -0.0609. The van der Waals surface area contributed by atoms with Crippen LogP contribution in [0.2, 0.25) is 0 Å². The Balaban J connectivity index is 2.56. The van der Waals surface area contributed by atoms with Crippen LogP contribution in [0, 0.1) is 0 Å². The maximum Gasteiger partial charge on any atom is 0.0688 e. The summed E-state index contributed by atoms with van der Waals surface area (Å²) < 4.78 is 0. The Morgan fingerprint density at radius 2 is 1.05 bits per heavy atom. The SMILES string of the molecule is CN(C)c1ccc(-c2ccc(N(C)C)cc2CO)c(CO)c1. The van der Waals surface area contributed by atoms with Gasteiger partial charge in [0.1, 0.15) is 0 Å². The van der Waals surface area contributed by atoms with Gasteiger partial charge in [-0.05, 0) is 46.5 Å². The molecule has 0 unspecified atom stereocenters. The van der Waals surface area contributed by atoms with Gasteiger partial charge in [-0.1, -0.05) is 12.1 Å². The molecule has 2 rings (SSSR count). The summed E-state index contributed by atoms with van der Waals surface area (Å²) in [7, 11) is 7.89. The number of benzene rings is 2. The van der Waals surface area contributed by atoms with Gasteiger partial charge in [0, 0.05) is 39.6 Å². The highest BCUT2D eigenvalue weighted by atomic mass is 16.3. The molecule has 0 aliphatic carbocycles. The van der Waals surface area contributed by atoms with Gasteiger partial charge in [0.15, 0.2) is 0 Å². The van der Waals surface area contributed by atoms with Gasteiger partial charge >= 0.3 is 0 Å². The molecule has 0 aliphatic heterocycles. The van der Waals surface area contributed by atoms with Crippen molar-refractivity contribution in [3.63, 3.8) is 0 Å². The van der Waals surface area contributed by atoms with E-state index in [1.165, 1.54) is 0 Å². The summed E-state index contributed by atoms with van der Waals surface area (Å²) in [5.74, 6) is 0. The lowest BCUT2D eigenvalue weighted by Crippen LogP contribution is -2.10. The van der Waals surface area contributed by atoms with Crippen LogP contribution in [0.5, 0.6) is 0 Å². The highest BCUT2D eigenvalue weighted by Gasteiger charge is 2.12. The second kappa shape index (κ2) is 6.81. The Labute approximate surface area is 132 Å². The van der Waals surface area contributed by atoms with E-state index in [9.17, 15) is 10.2 Å². The van der Waals surface area contributed by atoms with Gasteiger partial charge in [0.05, 0.1) is 13.2 Å². The molecule has 2 aromatic carbocycles. The van der Waals surface area contributed by atoms with E-state index in [1.54, 1.807) is 0 Å². The quantitative estimate of drug-likeness (QED) is 0.890. The molecule has 0 aromatic heterocycles. The zero-order chi connectivity index (χ0) is 16.3. The zero-order valence-corrected chi connectivity index (χ0v) is 13.7. The third-order valence-electron chi connectivity index (χ3n) is 3.84. The Morgan fingerprint density at radius 3 is 1.32 bits per heavy atom. The van der Waals surface area contributed by atoms with Gasteiger partial charge in [-0.25, -0.2) is 0 Å². The van der Waals surface area contributed by atoms with Crippen LogP contribution >= 0.6 is 0 Å². The molecule has 4 nitrogen and oxygen atoms in total. The summed E-state index contributed by atoms with van der Waals surface area (Å²) in [5.41, 5.74) is 5.73. The molecule has 0 atom stereocenters. The first-order valence-electron chi connectivity index (χ1n) is 7.30. The van der Waals surface area contributed by atoms with Crippen molar-refractivity contribution in [2.24, 2.45) is 0 Å². The van der Waals surface area contributed by atoms with E-state index in [0.29, 0.717) is 0 Å². The van der Waals surface area contributed by atoms with Crippen molar-refractivity contribution in [1.82, 2.24) is 0 Å². The molecule has 0 bridgehead atoms. The second-order valence-electron chi connectivity index (χ2n) is 5.79. The van der Waals surface area contributed by atoms with Crippen molar-refractivity contribution >= 4 is 11.4 Å². The number of rotatable bonds is 5. The third-order valence-corrected chi connectivity index (χ3v) is 3.84. The third kappa shape index (κ3) is 3.24. The lowest BCUT2D eigenvalue weighted by molar-refractivity contribution is 0.280. The van der Waals surface area contributed by atoms with Crippen molar-refractivity contribution in [3.8, 4) is 11.1 Å². The molecule has 22 heavy (non-hydrogen) atoms. The predicted molar refractivity (Wildman–Crippen MR) is 92.4 cm³/mol. The first-order chi connectivity index (χ1) is 10.5. The van der Waals surface area contributed by atoms with Gasteiger partial charge in [-0.3, -0.25) is 0 Å². The minimum absolute atomic E-state index is 0.0304. The molecule has 4 heteroatoms. The minimum Gasteiger partial charge on any atom is -0.392 e. The Kier molecular flexibility index (Phi) is 5.06. The minimum atomic E-state index is -0.0304. The Hall–Kier alpha value is -2.04. The largest absolute Gasteiger partial charge is 0.392 e. The van der Waals surface area contributed by atoms with Crippen LogP contribution in [0.3, 0.4) is 0 Å². The van der Waals surface area contributed by atoms with Crippen LogP contribution < -0.4 is 9.80 Å². The van der Waals surface area contributed by atoms with Crippen LogP contribution in [0.1, 0.15) is 11.1 Å². The molecular weight excluding hydrogens is 276 g/mol. The van der Waals surface area contributed by atoms with Crippen LogP contribution in [-0.4, -0.2) is 38.4 Å². The summed E-state index contributed by atoms with van der Waals surface area (Å²) in [6.07, 6.45) is 0. The van der Waals surface area contributed by atoms with E-state index in [0.717, 1.165) is 33.6 Å². The number of anilines is 2. The van der Waals surface area contributed by atoms with Crippen LogP contribution in [-0.2, 0) is 13.2 Å². The molecular formula is C18H24N2O2. The fourth-order valence-electron chi connectivity index (χ4n) is 2.50. The molecule has 118 valence electrons. The second-order valence-corrected chi connectivity index (χ2v) is 5.79. The highest BCUT2D eigenvalue weighted by molar-refractivity contribution is 5.75. The summed E-state index contributed by atoms with van der Waals surface area (Å²) in [4.78, 5) is 4.01. The molecule has 0 aliphatic rings. The van der Waals surface area contributed by atoms with Crippen LogP contribution in [0.25, 0.3) is 11.1 Å². The van der Waals surface area contributed by atoms with E-state index in [-0.39, 0.29) is 13.2 Å². The van der Waals surface area contributed by atoms with Gasteiger partial charge < -0.3 is 20.0 Å². The van der Waals surface area contributed by atoms with Crippen molar-refractivity contribution in [2.45, 2.75) is 13.2 Å². The first-order valence-corrected chi connectivity index (χ1v) is 7.30. The molecule has 0 fully saturated rings. The van der Waals surface area contributed by atoms with E-state index in [2.05, 4.69) is 0 Å². The molecule has 0 saturated heterocycles. The molecule has 0 heterocycles. The van der Waals surface area contributed by atoms with Crippen molar-refractivity contribution in [2.75, 3.05) is 38.0 Å². The fourth-order valence-corrected chi connectivity index (χ4v) is 2.50. The van der Waals surface area contributed by atoms with Crippen molar-refractivity contribution in [3.05, 3.63) is 47.5 Å². The Morgan fingerprint density at radius 1 is 0.682 bits per heavy atom. The van der Waals surface area contributed by atoms with Crippen LogP contribution in [0.15, 0.2) is 36.4 Å². The topological polar surface area (TPSA) is 46.9 Å². The molecule has 0 spiro atoms. The summed E-state index contributed by atoms with van der Waals surface area (Å²) >= 11 is 0. The number of aliphatic hydroxyl groups excluding tert-OH is 2. The molecule has 0 radical (unpaired) electrons. The summed E-state index contributed by atoms with van der Waals surface area (Å²) in [5, 5.41) is 19.4. The average molecular weight is 300 g/mol. The van der Waals surface area contributed by atoms with Crippen molar-refractivity contribution < 1.29 is 10.2 Å². The maximum absolute atomic E-state index is 9.70. The lowest BCUT2D eigenvalue weighted by atomic mass is 9.94. The van der Waals surface area contributed by atoms with Crippen molar-refractivity contribution in [1.29, 1.82) is 0 Å². The molecule has 2 N–H and O–H groups in total. The van der Waals surface area contributed by atoms with Gasteiger partial charge in [0.25, 0.3) is 0 Å². The van der Waals surface area contributed by atoms with E-state index < -0.39 is 0 Å². The lowest BCUT2D eigenvalue weighted by Gasteiger charge is -2.19.